The molecule has 2 aliphatic rings. The number of nitrogens with one attached hydrogen (secondary N) is 1. The van der Waals surface area contributed by atoms with Crippen LogP contribution < -0.4 is 10.1 Å². The van der Waals surface area contributed by atoms with Crippen molar-refractivity contribution in [3.05, 3.63) is 24.8 Å². The summed E-state index contributed by atoms with van der Waals surface area (Å²) in [6.45, 7) is 1.37. The molecule has 0 unspecified atom stereocenters. The van der Waals surface area contributed by atoms with Crippen molar-refractivity contribution in [3.8, 4) is 5.75 Å². The van der Waals surface area contributed by atoms with E-state index in [0.29, 0.717) is 25.5 Å². The number of esters is 1. The fraction of sp³-hybridized carbons (Fsp3) is 0.719. The Morgan fingerprint density at radius 1 is 0.698 bits per heavy atom. The van der Waals surface area contributed by atoms with Crippen LogP contribution in [-0.2, 0) is 23.9 Å². The Balaban J connectivity index is 1.22. The number of halogens is 4. The maximum Gasteiger partial charge on any atom is 0.313 e. The number of hydrogen-bond acceptors (Lipinski definition) is 6. The smallest absolute Gasteiger partial charge is 0.313 e. The highest BCUT2D eigenvalue weighted by atomic mass is 127. The third kappa shape index (κ3) is 12.8. The molecule has 0 bridgehead atoms. The van der Waals surface area contributed by atoms with Crippen LogP contribution in [0.3, 0.4) is 0 Å². The molecule has 0 atom stereocenters. The van der Waals surface area contributed by atoms with Gasteiger partial charge < -0.3 is 19.5 Å². The second-order valence-electron chi connectivity index (χ2n) is 11.6. The minimum atomic E-state index is -0.786. The summed E-state index contributed by atoms with van der Waals surface area (Å²) in [5.41, 5.74) is 0. The molecule has 0 saturated heterocycles. The molecule has 7 nitrogen and oxygen atoms in total. The van der Waals surface area contributed by atoms with E-state index in [1.165, 1.54) is 38.5 Å². The van der Waals surface area contributed by atoms with E-state index in [4.69, 9.17) is 14.2 Å². The number of carbonyl (C=O) groups excluding carboxylic acids is 3. The van der Waals surface area contributed by atoms with Gasteiger partial charge in [-0.15, -0.1) is 0 Å². The number of amides is 1. The van der Waals surface area contributed by atoms with Gasteiger partial charge in [0.05, 0.1) is 40.0 Å². The van der Waals surface area contributed by atoms with Crippen molar-refractivity contribution in [1.29, 1.82) is 0 Å². The van der Waals surface area contributed by atoms with Gasteiger partial charge in [0, 0.05) is 30.4 Å². The van der Waals surface area contributed by atoms with Gasteiger partial charge in [0.15, 0.2) is 5.75 Å². The van der Waals surface area contributed by atoms with Crippen LogP contribution >= 0.6 is 45.2 Å². The Bertz CT molecular complexity index is 1010. The molecule has 1 aromatic carbocycles. The number of ketones is 1. The lowest BCUT2D eigenvalue weighted by molar-refractivity contribution is -0.135. The molecule has 0 radical (unpaired) electrons. The lowest BCUT2D eigenvalue weighted by atomic mass is 9.75. The van der Waals surface area contributed by atoms with Gasteiger partial charge in [-0.1, -0.05) is 51.4 Å². The zero-order valence-electron chi connectivity index (χ0n) is 24.9. The van der Waals surface area contributed by atoms with E-state index in [2.05, 4.69) is 5.32 Å². The van der Waals surface area contributed by atoms with Crippen LogP contribution in [-0.4, -0.2) is 50.6 Å². The van der Waals surface area contributed by atoms with Gasteiger partial charge in [-0.2, -0.15) is 0 Å². The normalized spacial score (nSPS) is 20.7. The molecule has 0 aliphatic heterocycles. The molecule has 2 aliphatic carbocycles. The summed E-state index contributed by atoms with van der Waals surface area (Å²) in [7, 11) is 0. The van der Waals surface area contributed by atoms with E-state index in [1.54, 1.807) is 45.2 Å². The topological polar surface area (TPSA) is 90.9 Å². The Morgan fingerprint density at radius 2 is 1.19 bits per heavy atom. The Morgan fingerprint density at radius 3 is 1.77 bits per heavy atom. The highest BCUT2D eigenvalue weighted by Gasteiger charge is 2.32. The Kier molecular flexibility index (Phi) is 17.2. The Hall–Kier alpha value is -0.930. The van der Waals surface area contributed by atoms with Crippen molar-refractivity contribution in [2.45, 2.75) is 96.3 Å². The van der Waals surface area contributed by atoms with E-state index in [9.17, 15) is 23.2 Å². The van der Waals surface area contributed by atoms with Crippen molar-refractivity contribution in [3.63, 3.8) is 0 Å². The number of hydrogen-bond donors (Lipinski definition) is 1. The molecule has 1 amide bonds. The number of carbonyl (C=O) groups is 3. The highest BCUT2D eigenvalue weighted by molar-refractivity contribution is 14.1. The first-order valence-electron chi connectivity index (χ1n) is 15.8. The summed E-state index contributed by atoms with van der Waals surface area (Å²) in [6.07, 6.45) is 15.2. The molecule has 43 heavy (non-hydrogen) atoms. The zero-order valence-corrected chi connectivity index (χ0v) is 29.2. The molecule has 2 fully saturated rings. The van der Waals surface area contributed by atoms with E-state index < -0.39 is 17.6 Å². The molecule has 2 saturated carbocycles. The summed E-state index contributed by atoms with van der Waals surface area (Å²) >= 11 is 3.34. The van der Waals surface area contributed by atoms with Gasteiger partial charge in [-0.3, -0.25) is 14.4 Å². The monoisotopic (exact) mass is 831 g/mol. The van der Waals surface area contributed by atoms with Crippen molar-refractivity contribution in [2.24, 2.45) is 17.8 Å². The van der Waals surface area contributed by atoms with E-state index in [0.717, 1.165) is 57.4 Å². The average Bonchev–Trinajstić information content (AvgIpc) is 3.07. The van der Waals surface area contributed by atoms with E-state index in [-0.39, 0.29) is 56.2 Å². The summed E-state index contributed by atoms with van der Waals surface area (Å²) < 4.78 is 43.6. The van der Waals surface area contributed by atoms with Crippen LogP contribution in [0.4, 0.5) is 8.78 Å². The third-order valence-corrected chi connectivity index (χ3v) is 10.4. The maximum atomic E-state index is 13.7. The van der Waals surface area contributed by atoms with Crippen LogP contribution in [0.15, 0.2) is 6.07 Å². The standard InChI is InChI=1S/C32H45F2I2NO6/c33-25-21-26(34)29(36)31(28(25)35)43-27(38)15-17-41-19-20-42-18-16-37-32(40)24-13-11-23(12-14-24)30(39)22-9-7-5-3-1-2-4-6-8-10-22/h21-24H,1-20H2,(H,37,40). The predicted molar refractivity (Wildman–Crippen MR) is 177 cm³/mol. The molecule has 0 spiro atoms. The van der Waals surface area contributed by atoms with Crippen LogP contribution in [0.25, 0.3) is 0 Å². The molecule has 1 N–H and O–H groups in total. The molecule has 242 valence electrons. The second-order valence-corrected chi connectivity index (χ2v) is 13.7. The minimum Gasteiger partial charge on any atom is -0.424 e. The van der Waals surface area contributed by atoms with Gasteiger partial charge in [0.2, 0.25) is 5.91 Å². The summed E-state index contributed by atoms with van der Waals surface area (Å²) in [6, 6.07) is 0.756. The highest BCUT2D eigenvalue weighted by Crippen LogP contribution is 2.34. The molecule has 3 rings (SSSR count). The van der Waals surface area contributed by atoms with Gasteiger partial charge in [-0.25, -0.2) is 8.78 Å². The molecule has 11 heteroatoms. The molecule has 0 heterocycles. The molecule has 0 aromatic heterocycles. The minimum absolute atomic E-state index is 0.0294. The lowest BCUT2D eigenvalue weighted by Gasteiger charge is -2.29. The van der Waals surface area contributed by atoms with Gasteiger partial charge in [0.1, 0.15) is 17.4 Å². The lowest BCUT2D eigenvalue weighted by Crippen LogP contribution is -2.37. The first-order chi connectivity index (χ1) is 20.8. The average molecular weight is 832 g/mol. The van der Waals surface area contributed by atoms with E-state index >= 15 is 0 Å². The van der Waals surface area contributed by atoms with Crippen LogP contribution in [0.1, 0.15) is 96.3 Å². The number of benzene rings is 1. The van der Waals surface area contributed by atoms with Gasteiger partial charge >= 0.3 is 5.97 Å². The SMILES string of the molecule is O=C(CCOCCOCCNC(=O)C1CCC(C(=O)C2CCCCCCCCCC2)CC1)Oc1c(I)c(F)cc(F)c1I. The zero-order chi connectivity index (χ0) is 31.0. The van der Waals surface area contributed by atoms with Gasteiger partial charge in [0.25, 0.3) is 0 Å². The Labute approximate surface area is 281 Å². The quantitative estimate of drug-likeness (QED) is 0.0728. The number of ether oxygens (including phenoxy) is 3. The van der Waals surface area contributed by atoms with Crippen LogP contribution in [0.2, 0.25) is 0 Å². The van der Waals surface area contributed by atoms with Gasteiger partial charge in [-0.05, 0) is 83.7 Å². The summed E-state index contributed by atoms with van der Waals surface area (Å²) in [4.78, 5) is 38.0. The fourth-order valence-corrected chi connectivity index (χ4v) is 7.51. The first-order valence-corrected chi connectivity index (χ1v) is 17.9. The van der Waals surface area contributed by atoms with Crippen molar-refractivity contribution >= 4 is 62.8 Å². The number of Topliss-reactive ketones (excluding diaryl/α,β-unsaturated/α-hetero) is 1. The first kappa shape index (κ1) is 36.5. The molecular weight excluding hydrogens is 786 g/mol. The predicted octanol–water partition coefficient (Wildman–Crippen LogP) is 7.53. The maximum absolute atomic E-state index is 13.7. The van der Waals surface area contributed by atoms with Crippen LogP contribution in [0, 0.1) is 36.5 Å². The largest absolute Gasteiger partial charge is 0.424 e. The third-order valence-electron chi connectivity index (χ3n) is 8.41. The van der Waals surface area contributed by atoms with Crippen LogP contribution in [0.5, 0.6) is 5.75 Å². The molecular formula is C32H45F2I2NO6. The fourth-order valence-electron chi connectivity index (χ4n) is 5.92. The second kappa shape index (κ2) is 20.2. The molecule has 1 aromatic rings. The number of rotatable bonds is 13. The van der Waals surface area contributed by atoms with E-state index in [1.807, 2.05) is 0 Å². The summed E-state index contributed by atoms with van der Waals surface area (Å²) in [5, 5.41) is 2.95. The summed E-state index contributed by atoms with van der Waals surface area (Å²) in [5.74, 6) is -1.58. The van der Waals surface area contributed by atoms with Crippen molar-refractivity contribution in [1.82, 2.24) is 5.32 Å². The van der Waals surface area contributed by atoms with Crippen molar-refractivity contribution in [2.75, 3.05) is 33.0 Å². The van der Waals surface area contributed by atoms with Crippen molar-refractivity contribution < 1.29 is 37.4 Å².